The second-order valence-electron chi connectivity index (χ2n) is 6.87. The summed E-state index contributed by atoms with van der Waals surface area (Å²) in [4.78, 5) is 27.4. The van der Waals surface area contributed by atoms with E-state index in [-0.39, 0.29) is 24.5 Å². The fourth-order valence-electron chi connectivity index (χ4n) is 3.15. The molecule has 0 saturated heterocycles. The van der Waals surface area contributed by atoms with Crippen molar-refractivity contribution in [2.24, 2.45) is 0 Å². The quantitative estimate of drug-likeness (QED) is 0.649. The number of aryl methyl sites for hydroxylation is 2. The van der Waals surface area contributed by atoms with Crippen molar-refractivity contribution in [1.29, 1.82) is 0 Å². The topological polar surface area (TPSA) is 99.7 Å². The molecule has 9 nitrogen and oxygen atoms in total. The van der Waals surface area contributed by atoms with Gasteiger partial charge in [0.15, 0.2) is 11.5 Å². The molecule has 0 unspecified atom stereocenters. The molecule has 0 fully saturated rings. The third-order valence-electron chi connectivity index (χ3n) is 4.66. The zero-order chi connectivity index (χ0) is 20.5. The lowest BCUT2D eigenvalue weighted by Crippen LogP contribution is -2.35. The maximum atomic E-state index is 13.0. The average Bonchev–Trinajstić information content (AvgIpc) is 3.32. The van der Waals surface area contributed by atoms with Crippen molar-refractivity contribution >= 4 is 5.91 Å². The molecule has 1 amide bonds. The van der Waals surface area contributed by atoms with E-state index in [1.807, 2.05) is 18.2 Å². The second-order valence-corrected chi connectivity index (χ2v) is 6.87. The lowest BCUT2D eigenvalue weighted by atomic mass is 10.1. The molecule has 0 spiro atoms. The molecule has 0 N–H and O–H groups in total. The normalized spacial score (nSPS) is 12.2. The molecule has 3 aromatic rings. The predicted octanol–water partition coefficient (Wildman–Crippen LogP) is 1.90. The fourth-order valence-corrected chi connectivity index (χ4v) is 3.15. The Morgan fingerprint density at radius 1 is 1.17 bits per heavy atom. The van der Waals surface area contributed by atoms with E-state index in [4.69, 9.17) is 13.9 Å². The molecule has 2 aromatic heterocycles. The predicted molar refractivity (Wildman–Crippen MR) is 102 cm³/mol. The van der Waals surface area contributed by atoms with E-state index in [9.17, 15) is 9.59 Å². The van der Waals surface area contributed by atoms with Gasteiger partial charge in [-0.1, -0.05) is 6.07 Å². The van der Waals surface area contributed by atoms with Crippen LogP contribution in [0.2, 0.25) is 0 Å². The Labute approximate surface area is 166 Å². The summed E-state index contributed by atoms with van der Waals surface area (Å²) >= 11 is 0. The number of rotatable bonds is 5. The number of hydrogen-bond acceptors (Lipinski definition) is 7. The largest absolute Gasteiger partial charge is 0.454 e. The zero-order valence-corrected chi connectivity index (χ0v) is 16.3. The van der Waals surface area contributed by atoms with Gasteiger partial charge >= 0.3 is 0 Å². The van der Waals surface area contributed by atoms with E-state index < -0.39 is 5.91 Å². The smallest absolute Gasteiger partial charge is 0.263 e. The number of aromatic nitrogens is 3. The van der Waals surface area contributed by atoms with Gasteiger partial charge in [0.2, 0.25) is 18.6 Å². The van der Waals surface area contributed by atoms with Gasteiger partial charge in [-0.2, -0.15) is 0 Å². The third-order valence-corrected chi connectivity index (χ3v) is 4.66. The number of carbonyl (C=O) groups excluding carboxylic acids is 1. The van der Waals surface area contributed by atoms with Crippen molar-refractivity contribution in [3.05, 3.63) is 69.3 Å². The van der Waals surface area contributed by atoms with Crippen LogP contribution in [0, 0.1) is 13.8 Å². The molecule has 3 heterocycles. The summed E-state index contributed by atoms with van der Waals surface area (Å²) < 4.78 is 17.5. The standard InChI is InChI=1S/C20H20N4O5/c1-12-6-7-24(9-14-4-5-15-16(8-14)28-11-27-15)20(26)18(12)19(25)23(3)10-17-22-21-13(2)29-17/h4-8H,9-11H2,1-3H3. The molecule has 9 heteroatoms. The maximum Gasteiger partial charge on any atom is 0.263 e. The molecule has 4 rings (SSSR count). The highest BCUT2D eigenvalue weighted by Gasteiger charge is 2.21. The zero-order valence-electron chi connectivity index (χ0n) is 16.3. The third kappa shape index (κ3) is 3.71. The Bertz CT molecular complexity index is 1130. The molecule has 1 aliphatic rings. The number of benzene rings is 1. The minimum atomic E-state index is -0.400. The van der Waals surface area contributed by atoms with E-state index >= 15 is 0 Å². The molecule has 0 radical (unpaired) electrons. The van der Waals surface area contributed by atoms with Crippen LogP contribution in [0.25, 0.3) is 0 Å². The SMILES string of the molecule is Cc1nnc(CN(C)C(=O)c2c(C)ccn(Cc3ccc4c(c3)OCO4)c2=O)o1. The Balaban J connectivity index is 1.59. The van der Waals surface area contributed by atoms with Gasteiger partial charge in [0.05, 0.1) is 13.1 Å². The summed E-state index contributed by atoms with van der Waals surface area (Å²) in [6.45, 7) is 4.03. The summed E-state index contributed by atoms with van der Waals surface area (Å²) in [5.41, 5.74) is 1.23. The summed E-state index contributed by atoms with van der Waals surface area (Å²) in [6, 6.07) is 7.26. The Morgan fingerprint density at radius 3 is 2.72 bits per heavy atom. The van der Waals surface area contributed by atoms with Gasteiger partial charge in [-0.15, -0.1) is 10.2 Å². The molecular weight excluding hydrogens is 376 g/mol. The van der Waals surface area contributed by atoms with Crippen LogP contribution >= 0.6 is 0 Å². The minimum absolute atomic E-state index is 0.118. The van der Waals surface area contributed by atoms with E-state index in [0.29, 0.717) is 35.4 Å². The number of ether oxygens (including phenoxy) is 2. The summed E-state index contributed by atoms with van der Waals surface area (Å²) in [5, 5.41) is 7.65. The Hall–Kier alpha value is -3.62. The molecule has 1 aromatic carbocycles. The first kappa shape index (κ1) is 18.7. The van der Waals surface area contributed by atoms with Crippen molar-refractivity contribution in [3.63, 3.8) is 0 Å². The van der Waals surface area contributed by atoms with E-state index in [1.165, 1.54) is 9.47 Å². The van der Waals surface area contributed by atoms with Crippen LogP contribution in [0.4, 0.5) is 0 Å². The molecule has 0 saturated carbocycles. The van der Waals surface area contributed by atoms with Crippen LogP contribution < -0.4 is 15.0 Å². The van der Waals surface area contributed by atoms with Crippen molar-refractivity contribution in [2.75, 3.05) is 13.8 Å². The van der Waals surface area contributed by atoms with Crippen LogP contribution in [-0.2, 0) is 13.1 Å². The number of hydrogen-bond donors (Lipinski definition) is 0. The van der Waals surface area contributed by atoms with Gasteiger partial charge < -0.3 is 23.4 Å². The lowest BCUT2D eigenvalue weighted by molar-refractivity contribution is 0.0769. The first-order valence-electron chi connectivity index (χ1n) is 9.05. The number of carbonyl (C=O) groups is 1. The number of amides is 1. The monoisotopic (exact) mass is 396 g/mol. The van der Waals surface area contributed by atoms with E-state index in [1.54, 1.807) is 33.2 Å². The number of nitrogens with zero attached hydrogens (tertiary/aromatic N) is 4. The van der Waals surface area contributed by atoms with Gasteiger partial charge in [0.1, 0.15) is 5.56 Å². The molecule has 150 valence electrons. The lowest BCUT2D eigenvalue weighted by Gasteiger charge is -2.17. The maximum absolute atomic E-state index is 13.0. The van der Waals surface area contributed by atoms with Gasteiger partial charge in [-0.25, -0.2) is 0 Å². The highest BCUT2D eigenvalue weighted by Crippen LogP contribution is 2.32. The number of fused-ring (bicyclic) bond motifs is 1. The van der Waals surface area contributed by atoms with Crippen molar-refractivity contribution in [3.8, 4) is 11.5 Å². The summed E-state index contributed by atoms with van der Waals surface area (Å²) in [5.74, 6) is 1.66. The highest BCUT2D eigenvalue weighted by atomic mass is 16.7. The van der Waals surface area contributed by atoms with Crippen LogP contribution in [0.15, 0.2) is 39.7 Å². The number of pyridine rings is 1. The van der Waals surface area contributed by atoms with Crippen LogP contribution in [-0.4, -0.2) is 39.4 Å². The van der Waals surface area contributed by atoms with Gasteiger partial charge in [0.25, 0.3) is 11.5 Å². The van der Waals surface area contributed by atoms with Crippen molar-refractivity contribution in [1.82, 2.24) is 19.7 Å². The second kappa shape index (κ2) is 7.42. The fraction of sp³-hybridized carbons (Fsp3) is 0.300. The van der Waals surface area contributed by atoms with Crippen LogP contribution in [0.3, 0.4) is 0 Å². The highest BCUT2D eigenvalue weighted by molar-refractivity contribution is 5.95. The molecule has 0 aliphatic carbocycles. The first-order valence-corrected chi connectivity index (χ1v) is 9.05. The van der Waals surface area contributed by atoms with Crippen LogP contribution in [0.1, 0.15) is 33.3 Å². The molecule has 0 bridgehead atoms. The summed E-state index contributed by atoms with van der Waals surface area (Å²) in [7, 11) is 1.59. The van der Waals surface area contributed by atoms with E-state index in [0.717, 1.165) is 5.56 Å². The first-order chi connectivity index (χ1) is 13.9. The van der Waals surface area contributed by atoms with Gasteiger partial charge in [0, 0.05) is 20.2 Å². The van der Waals surface area contributed by atoms with E-state index in [2.05, 4.69) is 10.2 Å². The molecule has 0 atom stereocenters. The van der Waals surface area contributed by atoms with Gasteiger partial charge in [-0.3, -0.25) is 9.59 Å². The molecular formula is C20H20N4O5. The van der Waals surface area contributed by atoms with Crippen LogP contribution in [0.5, 0.6) is 11.5 Å². The van der Waals surface area contributed by atoms with Crippen molar-refractivity contribution in [2.45, 2.75) is 26.9 Å². The van der Waals surface area contributed by atoms with Crippen molar-refractivity contribution < 1.29 is 18.7 Å². The molecule has 1 aliphatic heterocycles. The Kier molecular flexibility index (Phi) is 4.79. The molecule has 29 heavy (non-hydrogen) atoms. The Morgan fingerprint density at radius 2 is 1.97 bits per heavy atom. The average molecular weight is 396 g/mol. The minimum Gasteiger partial charge on any atom is -0.454 e. The summed E-state index contributed by atoms with van der Waals surface area (Å²) in [6.07, 6.45) is 1.68. The van der Waals surface area contributed by atoms with Gasteiger partial charge in [-0.05, 0) is 36.2 Å².